The molecule has 1 amide bonds. The van der Waals surface area contributed by atoms with Gasteiger partial charge >= 0.3 is 12.1 Å². The minimum atomic E-state index is -4.62. The summed E-state index contributed by atoms with van der Waals surface area (Å²) in [6.07, 6.45) is -5.92. The maximum absolute atomic E-state index is 12.9. The Labute approximate surface area is 146 Å². The Balaban J connectivity index is 2.08. The average molecular weight is 372 g/mol. The SMILES string of the molecule is C[C@@H](OC(=O)c1cccc(Cl)c1)C(=O)Nc1ccccc1C(F)(F)F. The summed E-state index contributed by atoms with van der Waals surface area (Å²) >= 11 is 5.76. The lowest BCUT2D eigenvalue weighted by atomic mass is 10.1. The first-order chi connectivity index (χ1) is 11.7. The fourth-order valence-corrected chi connectivity index (χ4v) is 2.16. The molecule has 0 saturated carbocycles. The maximum Gasteiger partial charge on any atom is 0.418 e. The monoisotopic (exact) mass is 371 g/mol. The first kappa shape index (κ1) is 18.8. The van der Waals surface area contributed by atoms with Crippen LogP contribution in [-0.4, -0.2) is 18.0 Å². The number of esters is 1. The van der Waals surface area contributed by atoms with Crippen molar-refractivity contribution < 1.29 is 27.5 Å². The minimum absolute atomic E-state index is 0.128. The topological polar surface area (TPSA) is 55.4 Å². The van der Waals surface area contributed by atoms with Gasteiger partial charge in [0.2, 0.25) is 0 Å². The van der Waals surface area contributed by atoms with E-state index in [1.54, 1.807) is 6.07 Å². The van der Waals surface area contributed by atoms with Gasteiger partial charge < -0.3 is 10.1 Å². The number of rotatable bonds is 4. The summed E-state index contributed by atoms with van der Waals surface area (Å²) < 4.78 is 43.7. The number of benzene rings is 2. The van der Waals surface area contributed by atoms with Crippen LogP contribution in [0.1, 0.15) is 22.8 Å². The second kappa shape index (κ2) is 7.57. The van der Waals surface area contributed by atoms with Crippen LogP contribution in [-0.2, 0) is 15.7 Å². The molecule has 1 atom stereocenters. The molecule has 0 aliphatic heterocycles. The number of ether oxygens (including phenoxy) is 1. The highest BCUT2D eigenvalue weighted by molar-refractivity contribution is 6.30. The fourth-order valence-electron chi connectivity index (χ4n) is 1.97. The van der Waals surface area contributed by atoms with Gasteiger partial charge in [-0.2, -0.15) is 13.2 Å². The van der Waals surface area contributed by atoms with E-state index in [1.165, 1.54) is 37.3 Å². The fraction of sp³-hybridized carbons (Fsp3) is 0.176. The number of hydrogen-bond acceptors (Lipinski definition) is 3. The molecule has 0 aliphatic rings. The zero-order valence-electron chi connectivity index (χ0n) is 12.9. The van der Waals surface area contributed by atoms with Crippen molar-refractivity contribution in [2.75, 3.05) is 5.32 Å². The van der Waals surface area contributed by atoms with Crippen molar-refractivity contribution in [2.24, 2.45) is 0 Å². The Morgan fingerprint density at radius 1 is 1.12 bits per heavy atom. The summed E-state index contributed by atoms with van der Waals surface area (Å²) in [4.78, 5) is 24.0. The molecule has 2 rings (SSSR count). The van der Waals surface area contributed by atoms with Crippen molar-refractivity contribution in [1.29, 1.82) is 0 Å². The molecule has 1 N–H and O–H groups in total. The summed E-state index contributed by atoms with van der Waals surface area (Å²) in [5, 5.41) is 2.43. The van der Waals surface area contributed by atoms with Crippen molar-refractivity contribution in [3.63, 3.8) is 0 Å². The molecule has 132 valence electrons. The van der Waals surface area contributed by atoms with Crippen molar-refractivity contribution in [3.8, 4) is 0 Å². The standard InChI is InChI=1S/C17H13ClF3NO3/c1-10(25-16(24)11-5-4-6-12(18)9-11)15(23)22-14-8-3-2-7-13(14)17(19,20)21/h2-10H,1H3,(H,22,23)/t10-/m1/s1. The molecule has 4 nitrogen and oxygen atoms in total. The average Bonchev–Trinajstić information content (AvgIpc) is 2.54. The van der Waals surface area contributed by atoms with Gasteiger partial charge in [-0.05, 0) is 37.3 Å². The normalized spacial score (nSPS) is 12.4. The summed E-state index contributed by atoms with van der Waals surface area (Å²) in [6.45, 7) is 1.26. The number of hydrogen-bond donors (Lipinski definition) is 1. The number of nitrogens with one attached hydrogen (secondary N) is 1. The summed E-state index contributed by atoms with van der Waals surface area (Å²) in [7, 11) is 0. The van der Waals surface area contributed by atoms with Crippen LogP contribution < -0.4 is 5.32 Å². The lowest BCUT2D eigenvalue weighted by molar-refractivity contribution is -0.137. The number of para-hydroxylation sites is 1. The molecule has 2 aromatic rings. The van der Waals surface area contributed by atoms with E-state index in [9.17, 15) is 22.8 Å². The number of carbonyl (C=O) groups is 2. The number of anilines is 1. The highest BCUT2D eigenvalue weighted by Crippen LogP contribution is 2.34. The van der Waals surface area contributed by atoms with Gasteiger partial charge in [-0.15, -0.1) is 0 Å². The molecule has 0 fully saturated rings. The Morgan fingerprint density at radius 2 is 1.80 bits per heavy atom. The van der Waals surface area contributed by atoms with Gasteiger partial charge in [-0.25, -0.2) is 4.79 Å². The number of carbonyl (C=O) groups excluding carboxylic acids is 2. The Hall–Kier alpha value is -2.54. The zero-order chi connectivity index (χ0) is 18.6. The largest absolute Gasteiger partial charge is 0.449 e. The van der Waals surface area contributed by atoms with E-state index in [-0.39, 0.29) is 5.56 Å². The van der Waals surface area contributed by atoms with Gasteiger partial charge in [-0.1, -0.05) is 29.8 Å². The lowest BCUT2D eigenvalue weighted by Gasteiger charge is -2.16. The summed E-state index contributed by atoms with van der Waals surface area (Å²) in [5.41, 5.74) is -1.27. The molecule has 0 aliphatic carbocycles. The van der Waals surface area contributed by atoms with E-state index in [0.29, 0.717) is 5.02 Å². The first-order valence-corrected chi connectivity index (χ1v) is 7.50. The van der Waals surface area contributed by atoms with Crippen LogP contribution in [0.5, 0.6) is 0 Å². The molecule has 8 heteroatoms. The molecule has 0 unspecified atom stereocenters. The summed E-state index contributed by atoms with van der Waals surface area (Å²) in [5.74, 6) is -1.69. The molecule has 0 spiro atoms. The first-order valence-electron chi connectivity index (χ1n) is 7.12. The van der Waals surface area contributed by atoms with E-state index in [2.05, 4.69) is 5.32 Å². The number of alkyl halides is 3. The Bertz CT molecular complexity index is 793. The minimum Gasteiger partial charge on any atom is -0.449 e. The third-order valence-corrected chi connectivity index (χ3v) is 3.44. The molecule has 25 heavy (non-hydrogen) atoms. The van der Waals surface area contributed by atoms with E-state index in [0.717, 1.165) is 12.1 Å². The summed E-state index contributed by atoms with van der Waals surface area (Å²) in [6, 6.07) is 10.4. The Morgan fingerprint density at radius 3 is 2.44 bits per heavy atom. The molecule has 0 aromatic heterocycles. The molecule has 0 heterocycles. The quantitative estimate of drug-likeness (QED) is 0.803. The van der Waals surface area contributed by atoms with Crippen molar-refractivity contribution in [3.05, 3.63) is 64.7 Å². The van der Waals surface area contributed by atoms with Gasteiger partial charge in [0.1, 0.15) is 0 Å². The van der Waals surface area contributed by atoms with Gasteiger partial charge in [0.15, 0.2) is 6.10 Å². The molecule has 0 bridgehead atoms. The van der Waals surface area contributed by atoms with Gasteiger partial charge in [0.25, 0.3) is 5.91 Å². The number of amides is 1. The molecular weight excluding hydrogens is 359 g/mol. The second-order valence-electron chi connectivity index (χ2n) is 5.09. The van der Waals surface area contributed by atoms with E-state index < -0.39 is 35.4 Å². The Kier molecular flexibility index (Phi) is 5.69. The van der Waals surface area contributed by atoms with Gasteiger partial charge in [-0.3, -0.25) is 4.79 Å². The second-order valence-corrected chi connectivity index (χ2v) is 5.53. The van der Waals surface area contributed by atoms with E-state index in [4.69, 9.17) is 16.3 Å². The van der Waals surface area contributed by atoms with Crippen LogP contribution in [0.2, 0.25) is 5.02 Å². The number of halogens is 4. The van der Waals surface area contributed by atoms with Crippen LogP contribution in [0.25, 0.3) is 0 Å². The van der Waals surface area contributed by atoms with E-state index in [1.807, 2.05) is 0 Å². The van der Waals surface area contributed by atoms with Crippen LogP contribution >= 0.6 is 11.6 Å². The lowest BCUT2D eigenvalue weighted by Crippen LogP contribution is -2.30. The van der Waals surface area contributed by atoms with Crippen molar-refractivity contribution >= 4 is 29.2 Å². The van der Waals surface area contributed by atoms with Crippen molar-refractivity contribution in [1.82, 2.24) is 0 Å². The molecule has 2 aromatic carbocycles. The van der Waals surface area contributed by atoms with E-state index >= 15 is 0 Å². The smallest absolute Gasteiger partial charge is 0.418 e. The predicted octanol–water partition coefficient (Wildman–Crippen LogP) is 4.54. The molecular formula is C17H13ClF3NO3. The zero-order valence-corrected chi connectivity index (χ0v) is 13.7. The van der Waals surface area contributed by atoms with Crippen molar-refractivity contribution in [2.45, 2.75) is 19.2 Å². The third-order valence-electron chi connectivity index (χ3n) is 3.20. The third kappa shape index (κ3) is 4.96. The van der Waals surface area contributed by atoms with Crippen LogP contribution in [0.4, 0.5) is 18.9 Å². The molecule has 0 radical (unpaired) electrons. The van der Waals surface area contributed by atoms with Crippen LogP contribution in [0, 0.1) is 0 Å². The maximum atomic E-state index is 12.9. The van der Waals surface area contributed by atoms with Gasteiger partial charge in [0, 0.05) is 5.02 Å². The van der Waals surface area contributed by atoms with Gasteiger partial charge in [0.05, 0.1) is 16.8 Å². The highest BCUT2D eigenvalue weighted by atomic mass is 35.5. The highest BCUT2D eigenvalue weighted by Gasteiger charge is 2.34. The predicted molar refractivity (Wildman–Crippen MR) is 86.4 cm³/mol. The van der Waals surface area contributed by atoms with Crippen LogP contribution in [0.15, 0.2) is 48.5 Å². The molecule has 0 saturated heterocycles. The van der Waals surface area contributed by atoms with Crippen LogP contribution in [0.3, 0.4) is 0 Å².